The van der Waals surface area contributed by atoms with E-state index in [-0.39, 0.29) is 12.1 Å². The quantitative estimate of drug-likeness (QED) is 0.790. The molecule has 0 atom stereocenters. The van der Waals surface area contributed by atoms with Gasteiger partial charge in [-0.1, -0.05) is 42.5 Å². The maximum atomic E-state index is 12.3. The molecule has 0 spiro atoms. The molecule has 104 valence electrons. The molecule has 0 amide bonds. The van der Waals surface area contributed by atoms with Crippen molar-refractivity contribution >= 4 is 5.97 Å². The van der Waals surface area contributed by atoms with Crippen molar-refractivity contribution in [2.75, 3.05) is 7.11 Å². The molecule has 0 saturated carbocycles. The number of benzene rings is 2. The molecule has 3 heteroatoms. The smallest absolute Gasteiger partial charge is 0.342 e. The van der Waals surface area contributed by atoms with Gasteiger partial charge in [-0.2, -0.15) is 0 Å². The van der Waals surface area contributed by atoms with Crippen molar-refractivity contribution in [3.8, 4) is 16.9 Å². The molecule has 0 N–H and O–H groups in total. The van der Waals surface area contributed by atoms with Gasteiger partial charge in [-0.3, -0.25) is 0 Å². The van der Waals surface area contributed by atoms with Gasteiger partial charge < -0.3 is 9.47 Å². The summed E-state index contributed by atoms with van der Waals surface area (Å²) in [5.74, 6) is 0.160. The van der Waals surface area contributed by atoms with Crippen molar-refractivity contribution in [2.24, 2.45) is 0 Å². The maximum Gasteiger partial charge on any atom is 0.342 e. The minimum Gasteiger partial charge on any atom is -0.496 e. The molecule has 0 radical (unpaired) electrons. The summed E-state index contributed by atoms with van der Waals surface area (Å²) in [6.45, 7) is 3.66. The minimum absolute atomic E-state index is 0.170. The Kier molecular flexibility index (Phi) is 4.41. The summed E-state index contributed by atoms with van der Waals surface area (Å²) in [5, 5.41) is 0. The molecule has 0 bridgehead atoms. The molecule has 2 rings (SSSR count). The summed E-state index contributed by atoms with van der Waals surface area (Å²) >= 11 is 0. The van der Waals surface area contributed by atoms with E-state index in [0.29, 0.717) is 11.3 Å². The second-order valence-electron chi connectivity index (χ2n) is 4.70. The molecule has 20 heavy (non-hydrogen) atoms. The number of hydrogen-bond donors (Lipinski definition) is 0. The van der Waals surface area contributed by atoms with Gasteiger partial charge in [0.05, 0.1) is 13.2 Å². The average molecular weight is 270 g/mol. The van der Waals surface area contributed by atoms with Crippen molar-refractivity contribution in [2.45, 2.75) is 20.0 Å². The number of esters is 1. The summed E-state index contributed by atoms with van der Waals surface area (Å²) in [7, 11) is 1.55. The van der Waals surface area contributed by atoms with Crippen LogP contribution < -0.4 is 4.74 Å². The Morgan fingerprint density at radius 2 is 1.70 bits per heavy atom. The van der Waals surface area contributed by atoms with E-state index in [2.05, 4.69) is 0 Å². The van der Waals surface area contributed by atoms with E-state index in [1.54, 1.807) is 13.2 Å². The third-order valence-electron chi connectivity index (χ3n) is 2.88. The molecule has 0 saturated heterocycles. The van der Waals surface area contributed by atoms with Gasteiger partial charge in [0.25, 0.3) is 0 Å². The van der Waals surface area contributed by atoms with Crippen molar-refractivity contribution in [1.29, 1.82) is 0 Å². The van der Waals surface area contributed by atoms with Crippen LogP contribution >= 0.6 is 0 Å². The first kappa shape index (κ1) is 14.1. The van der Waals surface area contributed by atoms with Crippen LogP contribution in [0.2, 0.25) is 0 Å². The Morgan fingerprint density at radius 3 is 2.30 bits per heavy atom. The molecule has 2 aromatic rings. The SMILES string of the molecule is COc1cccc(-c2ccccc2)c1C(=O)OC(C)C. The lowest BCUT2D eigenvalue weighted by molar-refractivity contribution is 0.0375. The van der Waals surface area contributed by atoms with Crippen molar-refractivity contribution < 1.29 is 14.3 Å². The topological polar surface area (TPSA) is 35.5 Å². The van der Waals surface area contributed by atoms with Crippen LogP contribution in [-0.2, 0) is 4.74 Å². The van der Waals surface area contributed by atoms with E-state index in [1.165, 1.54) is 0 Å². The van der Waals surface area contributed by atoms with E-state index in [4.69, 9.17) is 9.47 Å². The van der Waals surface area contributed by atoms with Crippen LogP contribution in [0.15, 0.2) is 48.5 Å². The Balaban J connectivity index is 2.55. The second-order valence-corrected chi connectivity index (χ2v) is 4.70. The highest BCUT2D eigenvalue weighted by molar-refractivity contribution is 6.00. The summed E-state index contributed by atoms with van der Waals surface area (Å²) in [4.78, 5) is 12.3. The predicted octanol–water partition coefficient (Wildman–Crippen LogP) is 3.93. The normalized spacial score (nSPS) is 10.4. The molecule has 0 fully saturated rings. The average Bonchev–Trinajstić information content (AvgIpc) is 2.46. The van der Waals surface area contributed by atoms with Crippen LogP contribution in [0.25, 0.3) is 11.1 Å². The second kappa shape index (κ2) is 6.24. The van der Waals surface area contributed by atoms with Gasteiger partial charge in [0.2, 0.25) is 0 Å². The summed E-state index contributed by atoms with van der Waals surface area (Å²) in [5.41, 5.74) is 2.24. The number of methoxy groups -OCH3 is 1. The highest BCUT2D eigenvalue weighted by atomic mass is 16.5. The Hall–Kier alpha value is -2.29. The fourth-order valence-corrected chi connectivity index (χ4v) is 2.04. The lowest BCUT2D eigenvalue weighted by atomic mass is 9.99. The van der Waals surface area contributed by atoms with Gasteiger partial charge in [0.15, 0.2) is 0 Å². The van der Waals surface area contributed by atoms with E-state index in [0.717, 1.165) is 11.1 Å². The van der Waals surface area contributed by atoms with Gasteiger partial charge in [-0.05, 0) is 31.0 Å². The van der Waals surface area contributed by atoms with E-state index < -0.39 is 0 Å². The minimum atomic E-state index is -0.365. The van der Waals surface area contributed by atoms with Crippen LogP contribution in [-0.4, -0.2) is 19.2 Å². The van der Waals surface area contributed by atoms with E-state index in [1.807, 2.05) is 56.3 Å². The first-order valence-corrected chi connectivity index (χ1v) is 6.57. The molecule has 0 aliphatic carbocycles. The lowest BCUT2D eigenvalue weighted by Crippen LogP contribution is -2.13. The Bertz CT molecular complexity index is 588. The van der Waals surface area contributed by atoms with E-state index >= 15 is 0 Å². The van der Waals surface area contributed by atoms with Crippen molar-refractivity contribution in [1.82, 2.24) is 0 Å². The fourth-order valence-electron chi connectivity index (χ4n) is 2.04. The molecule has 0 aliphatic heterocycles. The van der Waals surface area contributed by atoms with Gasteiger partial charge in [-0.25, -0.2) is 4.79 Å². The molecule has 0 heterocycles. The fraction of sp³-hybridized carbons (Fsp3) is 0.235. The van der Waals surface area contributed by atoms with Crippen molar-refractivity contribution in [3.63, 3.8) is 0 Å². The lowest BCUT2D eigenvalue weighted by Gasteiger charge is -2.15. The van der Waals surface area contributed by atoms with Crippen LogP contribution in [0.5, 0.6) is 5.75 Å². The number of hydrogen-bond acceptors (Lipinski definition) is 3. The third-order valence-corrected chi connectivity index (χ3v) is 2.88. The molecule has 3 nitrogen and oxygen atoms in total. The maximum absolute atomic E-state index is 12.3. The van der Waals surface area contributed by atoms with Crippen LogP contribution in [0.4, 0.5) is 0 Å². The van der Waals surface area contributed by atoms with Gasteiger partial charge in [-0.15, -0.1) is 0 Å². The van der Waals surface area contributed by atoms with Gasteiger partial charge in [0.1, 0.15) is 11.3 Å². The van der Waals surface area contributed by atoms with Crippen LogP contribution in [0.1, 0.15) is 24.2 Å². The Morgan fingerprint density at radius 1 is 1.00 bits per heavy atom. The van der Waals surface area contributed by atoms with Gasteiger partial charge in [0, 0.05) is 0 Å². The zero-order chi connectivity index (χ0) is 14.5. The van der Waals surface area contributed by atoms with E-state index in [9.17, 15) is 4.79 Å². The molecular formula is C17H18O3. The van der Waals surface area contributed by atoms with Crippen molar-refractivity contribution in [3.05, 3.63) is 54.1 Å². The summed E-state index contributed by atoms with van der Waals surface area (Å²) < 4.78 is 10.6. The first-order valence-electron chi connectivity index (χ1n) is 6.57. The monoisotopic (exact) mass is 270 g/mol. The predicted molar refractivity (Wildman–Crippen MR) is 79.0 cm³/mol. The van der Waals surface area contributed by atoms with Crippen LogP contribution in [0.3, 0.4) is 0 Å². The first-order chi connectivity index (χ1) is 9.63. The van der Waals surface area contributed by atoms with Gasteiger partial charge >= 0.3 is 5.97 Å². The standard InChI is InChI=1S/C17H18O3/c1-12(2)20-17(18)16-14(10-7-11-15(16)19-3)13-8-5-4-6-9-13/h4-12H,1-3H3. The number of rotatable bonds is 4. The number of carbonyl (C=O) groups excluding carboxylic acids is 1. The largest absolute Gasteiger partial charge is 0.496 e. The molecule has 0 unspecified atom stereocenters. The summed E-state index contributed by atoms with van der Waals surface area (Å²) in [6, 6.07) is 15.3. The molecule has 2 aromatic carbocycles. The van der Waals surface area contributed by atoms with Crippen LogP contribution in [0, 0.1) is 0 Å². The molecule has 0 aromatic heterocycles. The number of ether oxygens (including phenoxy) is 2. The molecule has 0 aliphatic rings. The highest BCUT2D eigenvalue weighted by Gasteiger charge is 2.20. The zero-order valence-electron chi connectivity index (χ0n) is 11.9. The number of carbonyl (C=O) groups is 1. The summed E-state index contributed by atoms with van der Waals surface area (Å²) in [6.07, 6.45) is -0.170. The highest BCUT2D eigenvalue weighted by Crippen LogP contribution is 2.31. The Labute approximate surface area is 119 Å². The third kappa shape index (κ3) is 2.99. The molecular weight excluding hydrogens is 252 g/mol. The zero-order valence-corrected chi connectivity index (χ0v) is 11.9.